The van der Waals surface area contributed by atoms with Crippen LogP contribution < -0.4 is 21.7 Å². The molecule has 3 aromatic carbocycles. The van der Waals surface area contributed by atoms with Gasteiger partial charge in [-0.25, -0.2) is 9.59 Å². The Hall–Kier alpha value is -6.43. The number of amides is 4. The Labute approximate surface area is 318 Å². The Balaban J connectivity index is 0.000000908. The van der Waals surface area contributed by atoms with Crippen LogP contribution in [0.15, 0.2) is 85.1 Å². The fourth-order valence-electron chi connectivity index (χ4n) is 6.14. The van der Waals surface area contributed by atoms with Crippen molar-refractivity contribution in [3.63, 3.8) is 0 Å². The molecule has 0 bridgehead atoms. The lowest BCUT2D eigenvalue weighted by atomic mass is 10.0. The maximum atomic E-state index is 13.9. The van der Waals surface area contributed by atoms with Gasteiger partial charge in [0.2, 0.25) is 23.6 Å². The first kappa shape index (κ1) is 42.3. The van der Waals surface area contributed by atoms with Crippen LogP contribution in [0.4, 0.5) is 13.2 Å². The summed E-state index contributed by atoms with van der Waals surface area (Å²) in [6.45, 7) is -0.0888. The molecule has 0 spiro atoms. The standard InChI is InChI=1S/C36H40N6O7.C2HF3O2/c37-20-32(44)39-29(17-23-12-14-25(43)15-13-23)35(47)42-16-6-11-31(42)34(46)40-28(19-24-21-38-27-10-5-4-9-26(24)27)33(45)41-30(36(48)49)18-22-7-2-1-3-8-22;3-2(4,5)1(6)7/h1-5,7-10,12-15,21,28-31,38,43H,6,11,16-20,37H2,(H,39,44)(H,40,46)(H,41,45)(H,48,49);(H,6,7)/t28-,29+,30+,31+;/m1./s1. The number of likely N-dealkylation sites (tertiary alicyclic amines) is 1. The number of aromatic hydroxyl groups is 1. The van der Waals surface area contributed by atoms with Crippen LogP contribution in [0.5, 0.6) is 5.75 Å². The smallest absolute Gasteiger partial charge is 0.490 e. The van der Waals surface area contributed by atoms with Crippen molar-refractivity contribution in [1.29, 1.82) is 0 Å². The molecule has 0 saturated carbocycles. The molecule has 1 aliphatic rings. The Morgan fingerprint density at radius 1 is 0.804 bits per heavy atom. The highest BCUT2D eigenvalue weighted by atomic mass is 19.4. The predicted molar refractivity (Wildman–Crippen MR) is 195 cm³/mol. The van der Waals surface area contributed by atoms with Gasteiger partial charge in [-0.2, -0.15) is 13.2 Å². The van der Waals surface area contributed by atoms with Gasteiger partial charge in [0.1, 0.15) is 29.9 Å². The maximum Gasteiger partial charge on any atom is 0.490 e. The van der Waals surface area contributed by atoms with Crippen molar-refractivity contribution in [3.05, 3.63) is 102 Å². The molecule has 4 amide bonds. The lowest BCUT2D eigenvalue weighted by molar-refractivity contribution is -0.192. The van der Waals surface area contributed by atoms with Crippen LogP contribution in [0.25, 0.3) is 10.9 Å². The molecule has 18 heteroatoms. The maximum absolute atomic E-state index is 13.9. The first-order valence-corrected chi connectivity index (χ1v) is 17.4. The van der Waals surface area contributed by atoms with Gasteiger partial charge in [-0.3, -0.25) is 19.2 Å². The average Bonchev–Trinajstić information content (AvgIpc) is 3.83. The molecule has 56 heavy (non-hydrogen) atoms. The number of alkyl halides is 3. The second kappa shape index (κ2) is 19.2. The molecule has 1 fully saturated rings. The topological polar surface area (TPSA) is 244 Å². The number of halogens is 3. The summed E-state index contributed by atoms with van der Waals surface area (Å²) in [5, 5.41) is 35.7. The molecule has 298 valence electrons. The number of aromatic amines is 1. The number of rotatable bonds is 14. The van der Waals surface area contributed by atoms with Gasteiger partial charge in [-0.1, -0.05) is 60.7 Å². The van der Waals surface area contributed by atoms with E-state index in [-0.39, 0.29) is 38.1 Å². The number of para-hydroxylation sites is 1. The number of hydrogen-bond donors (Lipinski definition) is 8. The summed E-state index contributed by atoms with van der Waals surface area (Å²) in [4.78, 5) is 79.6. The third-order valence-corrected chi connectivity index (χ3v) is 8.91. The number of nitrogens with two attached hydrogens (primary N) is 1. The summed E-state index contributed by atoms with van der Waals surface area (Å²) in [6, 6.07) is 18.2. The number of nitrogens with one attached hydrogen (secondary N) is 4. The first-order chi connectivity index (χ1) is 26.6. The van der Waals surface area contributed by atoms with Gasteiger partial charge < -0.3 is 46.9 Å². The number of carbonyl (C=O) groups excluding carboxylic acids is 4. The van der Waals surface area contributed by atoms with Crippen molar-refractivity contribution in [1.82, 2.24) is 25.8 Å². The Bertz CT molecular complexity index is 2010. The van der Waals surface area contributed by atoms with Gasteiger partial charge in [0.15, 0.2) is 0 Å². The minimum atomic E-state index is -5.08. The molecule has 5 rings (SSSR count). The minimum absolute atomic E-state index is 0.0392. The molecule has 0 radical (unpaired) electrons. The van der Waals surface area contributed by atoms with Crippen LogP contribution in [0.3, 0.4) is 0 Å². The summed E-state index contributed by atoms with van der Waals surface area (Å²) >= 11 is 0. The van der Waals surface area contributed by atoms with E-state index < -0.39 is 65.9 Å². The molecular weight excluding hydrogens is 741 g/mol. The fourth-order valence-corrected chi connectivity index (χ4v) is 6.14. The molecule has 0 aliphatic carbocycles. The largest absolute Gasteiger partial charge is 0.508 e. The van der Waals surface area contributed by atoms with Crippen LogP contribution >= 0.6 is 0 Å². The molecule has 0 unspecified atom stereocenters. The van der Waals surface area contributed by atoms with E-state index in [4.69, 9.17) is 15.6 Å². The summed E-state index contributed by atoms with van der Waals surface area (Å²) in [6.07, 6.45) is -2.32. The summed E-state index contributed by atoms with van der Waals surface area (Å²) in [7, 11) is 0. The lowest BCUT2D eigenvalue weighted by Crippen LogP contribution is -2.58. The zero-order valence-electron chi connectivity index (χ0n) is 29.8. The molecule has 2 heterocycles. The van der Waals surface area contributed by atoms with E-state index in [2.05, 4.69) is 20.9 Å². The van der Waals surface area contributed by atoms with E-state index in [1.165, 1.54) is 17.0 Å². The van der Waals surface area contributed by atoms with Crippen molar-refractivity contribution < 1.29 is 57.3 Å². The van der Waals surface area contributed by atoms with Crippen LogP contribution in [0, 0.1) is 0 Å². The number of aliphatic carboxylic acids is 2. The summed E-state index contributed by atoms with van der Waals surface area (Å²) < 4.78 is 31.7. The van der Waals surface area contributed by atoms with Gasteiger partial charge in [-0.15, -0.1) is 0 Å². The lowest BCUT2D eigenvalue weighted by Gasteiger charge is -2.30. The third kappa shape index (κ3) is 11.8. The van der Waals surface area contributed by atoms with E-state index in [1.807, 2.05) is 30.3 Å². The van der Waals surface area contributed by atoms with Crippen LogP contribution in [-0.2, 0) is 48.0 Å². The van der Waals surface area contributed by atoms with E-state index in [9.17, 15) is 47.4 Å². The molecule has 1 aliphatic heterocycles. The second-order valence-corrected chi connectivity index (χ2v) is 12.9. The van der Waals surface area contributed by atoms with E-state index >= 15 is 0 Å². The molecule has 4 aromatic rings. The van der Waals surface area contributed by atoms with Crippen molar-refractivity contribution in [2.24, 2.45) is 5.73 Å². The molecule has 9 N–H and O–H groups in total. The van der Waals surface area contributed by atoms with Gasteiger partial charge in [-0.05, 0) is 47.7 Å². The van der Waals surface area contributed by atoms with Crippen LogP contribution in [-0.4, -0.2) is 104 Å². The van der Waals surface area contributed by atoms with Gasteiger partial charge in [0.05, 0.1) is 6.54 Å². The minimum Gasteiger partial charge on any atom is -0.508 e. The van der Waals surface area contributed by atoms with Crippen LogP contribution in [0.2, 0.25) is 0 Å². The number of carbonyl (C=O) groups is 6. The molecule has 15 nitrogen and oxygen atoms in total. The number of phenols is 1. The summed E-state index contributed by atoms with van der Waals surface area (Å²) in [5.41, 5.74) is 8.49. The van der Waals surface area contributed by atoms with Gasteiger partial charge in [0.25, 0.3) is 0 Å². The molecule has 1 aromatic heterocycles. The van der Waals surface area contributed by atoms with Crippen LogP contribution in [0.1, 0.15) is 29.5 Å². The normalized spacial score (nSPS) is 15.4. The number of aromatic nitrogens is 1. The Morgan fingerprint density at radius 2 is 1.41 bits per heavy atom. The second-order valence-electron chi connectivity index (χ2n) is 12.9. The highest BCUT2D eigenvalue weighted by Crippen LogP contribution is 2.23. The number of hydrogen-bond acceptors (Lipinski definition) is 8. The number of phenolic OH excluding ortho intramolecular Hbond substituents is 1. The zero-order valence-corrected chi connectivity index (χ0v) is 29.8. The zero-order chi connectivity index (χ0) is 41.0. The van der Waals surface area contributed by atoms with Crippen molar-refractivity contribution in [3.8, 4) is 5.75 Å². The number of carboxylic acid groups (broad SMARTS) is 2. The van der Waals surface area contributed by atoms with Crippen molar-refractivity contribution in [2.45, 2.75) is 62.4 Å². The van der Waals surface area contributed by atoms with E-state index in [0.717, 1.165) is 22.0 Å². The third-order valence-electron chi connectivity index (χ3n) is 8.91. The highest BCUT2D eigenvalue weighted by Gasteiger charge is 2.40. The van der Waals surface area contributed by atoms with Crippen molar-refractivity contribution >= 4 is 46.5 Å². The first-order valence-electron chi connectivity index (χ1n) is 17.4. The summed E-state index contributed by atoms with van der Waals surface area (Å²) in [5.74, 6) is -6.22. The molecule has 1 saturated heterocycles. The van der Waals surface area contributed by atoms with E-state index in [1.54, 1.807) is 42.6 Å². The molecular formula is C38H41F3N6O9. The number of fused-ring (bicyclic) bond motifs is 1. The quantitative estimate of drug-likeness (QED) is 0.0925. The highest BCUT2D eigenvalue weighted by molar-refractivity contribution is 5.96. The molecule has 4 atom stereocenters. The monoisotopic (exact) mass is 782 g/mol. The van der Waals surface area contributed by atoms with Crippen molar-refractivity contribution in [2.75, 3.05) is 13.1 Å². The number of H-pyrrole nitrogens is 1. The number of carboxylic acids is 2. The van der Waals surface area contributed by atoms with Gasteiger partial charge >= 0.3 is 18.1 Å². The van der Waals surface area contributed by atoms with E-state index in [0.29, 0.717) is 18.4 Å². The number of nitrogens with zero attached hydrogens (tertiary/aromatic N) is 1. The number of benzene rings is 3. The fraction of sp³-hybridized carbons (Fsp3) is 0.316. The Kier molecular flexibility index (Phi) is 14.5. The average molecular weight is 783 g/mol. The Morgan fingerprint density at radius 3 is 2.04 bits per heavy atom. The van der Waals surface area contributed by atoms with Gasteiger partial charge in [0, 0.05) is 42.9 Å². The predicted octanol–water partition coefficient (Wildman–Crippen LogP) is 2.02. The SMILES string of the molecule is NCC(=O)N[C@@H](Cc1ccc(O)cc1)C(=O)N1CCC[C@H]1C(=O)N[C@H](Cc1c[nH]c2ccccc12)C(=O)N[C@@H](Cc1ccccc1)C(=O)O.O=C(O)C(F)(F)F.